The molecule has 0 bridgehead atoms. The molecule has 3 aromatic rings. The largest absolute Gasteiger partial charge is 0.279 e. The molecule has 0 aliphatic heterocycles. The predicted octanol–water partition coefficient (Wildman–Crippen LogP) is 4.10. The van der Waals surface area contributed by atoms with Crippen molar-refractivity contribution in [2.75, 3.05) is 6.54 Å². The van der Waals surface area contributed by atoms with Crippen LogP contribution in [0.15, 0.2) is 29.4 Å². The number of pyridine rings is 1. The molecule has 1 fully saturated rings. The van der Waals surface area contributed by atoms with E-state index in [4.69, 9.17) is 11.6 Å². The summed E-state index contributed by atoms with van der Waals surface area (Å²) in [7, 11) is 0. The Balaban J connectivity index is 1.92. The number of aromatic nitrogens is 4. The Kier molecular flexibility index (Phi) is 4.15. The molecule has 0 atom stereocenters. The fourth-order valence-corrected chi connectivity index (χ4v) is 3.42. The molecule has 3 aromatic heterocycles. The summed E-state index contributed by atoms with van der Waals surface area (Å²) in [4.78, 5) is 12.8. The minimum atomic E-state index is -0.268. The van der Waals surface area contributed by atoms with Gasteiger partial charge in [-0.25, -0.2) is 14.4 Å². The summed E-state index contributed by atoms with van der Waals surface area (Å²) < 4.78 is 19.9. The van der Waals surface area contributed by atoms with Gasteiger partial charge < -0.3 is 0 Å². The normalized spacial score (nSPS) is 14.5. The van der Waals surface area contributed by atoms with E-state index in [2.05, 4.69) is 19.7 Å². The third-order valence-corrected chi connectivity index (χ3v) is 4.93. The zero-order valence-corrected chi connectivity index (χ0v) is 14.5. The molecule has 1 saturated carbocycles. The summed E-state index contributed by atoms with van der Waals surface area (Å²) in [5.41, 5.74) is 1.09. The van der Waals surface area contributed by atoms with Gasteiger partial charge in [-0.2, -0.15) is 4.98 Å². The molecule has 0 spiro atoms. The Morgan fingerprint density at radius 2 is 2.21 bits per heavy atom. The Bertz CT molecular complexity index is 909. The van der Waals surface area contributed by atoms with E-state index in [0.29, 0.717) is 22.5 Å². The first-order chi connectivity index (χ1) is 11.7. The second-order valence-corrected chi connectivity index (χ2v) is 6.87. The van der Waals surface area contributed by atoms with Crippen LogP contribution >= 0.6 is 23.5 Å². The Morgan fingerprint density at radius 1 is 1.38 bits per heavy atom. The number of hydrogen-bond acceptors (Lipinski definition) is 5. The lowest BCUT2D eigenvalue weighted by molar-refractivity contribution is 0.613. The molecule has 0 saturated heterocycles. The molecule has 0 aromatic carbocycles. The number of rotatable bonds is 5. The van der Waals surface area contributed by atoms with E-state index in [1.165, 1.54) is 18.1 Å². The van der Waals surface area contributed by atoms with Crippen molar-refractivity contribution in [1.29, 1.82) is 0 Å². The van der Waals surface area contributed by atoms with Crippen LogP contribution in [-0.2, 0) is 0 Å². The molecule has 24 heavy (non-hydrogen) atoms. The smallest absolute Gasteiger partial charge is 0.224 e. The highest BCUT2D eigenvalue weighted by Crippen LogP contribution is 2.44. The van der Waals surface area contributed by atoms with Crippen LogP contribution in [0.1, 0.15) is 31.4 Å². The van der Waals surface area contributed by atoms with Gasteiger partial charge in [-0.3, -0.25) is 9.29 Å². The van der Waals surface area contributed by atoms with Gasteiger partial charge in [0, 0.05) is 18.7 Å². The van der Waals surface area contributed by atoms with E-state index in [9.17, 15) is 4.39 Å². The number of halogens is 2. The summed E-state index contributed by atoms with van der Waals surface area (Å²) in [5.74, 6) is 0.573. The zero-order valence-electron chi connectivity index (χ0n) is 13.0. The predicted molar refractivity (Wildman–Crippen MR) is 93.1 cm³/mol. The van der Waals surface area contributed by atoms with E-state index < -0.39 is 0 Å². The van der Waals surface area contributed by atoms with Crippen LogP contribution in [0.3, 0.4) is 0 Å². The van der Waals surface area contributed by atoms with Crippen molar-refractivity contribution in [3.05, 3.63) is 41.2 Å². The summed E-state index contributed by atoms with van der Waals surface area (Å²) in [5, 5.41) is 1.30. The van der Waals surface area contributed by atoms with Crippen molar-refractivity contribution >= 4 is 34.6 Å². The monoisotopic (exact) mass is 363 g/mol. The van der Waals surface area contributed by atoms with Crippen molar-refractivity contribution in [3.8, 4) is 5.82 Å². The fourth-order valence-electron chi connectivity index (χ4n) is 2.71. The highest BCUT2D eigenvalue weighted by molar-refractivity contribution is 7.97. The lowest BCUT2D eigenvalue weighted by Crippen LogP contribution is -2.06. The van der Waals surface area contributed by atoms with Gasteiger partial charge >= 0.3 is 0 Å². The minimum absolute atomic E-state index is 0.0989. The van der Waals surface area contributed by atoms with Crippen molar-refractivity contribution in [2.24, 2.45) is 0 Å². The summed E-state index contributed by atoms with van der Waals surface area (Å²) >= 11 is 7.39. The van der Waals surface area contributed by atoms with Gasteiger partial charge in [0.25, 0.3) is 0 Å². The highest BCUT2D eigenvalue weighted by Gasteiger charge is 2.34. The molecule has 0 radical (unpaired) electrons. The zero-order chi connectivity index (χ0) is 16.7. The molecular weight excluding hydrogens is 349 g/mol. The second-order valence-electron chi connectivity index (χ2n) is 5.62. The van der Waals surface area contributed by atoms with Gasteiger partial charge in [0.15, 0.2) is 11.5 Å². The summed E-state index contributed by atoms with van der Waals surface area (Å²) in [6, 6.07) is 5.68. The Morgan fingerprint density at radius 3 is 2.96 bits per heavy atom. The molecule has 0 amide bonds. The van der Waals surface area contributed by atoms with Gasteiger partial charge in [0.1, 0.15) is 10.8 Å². The van der Waals surface area contributed by atoms with Crippen molar-refractivity contribution in [2.45, 2.75) is 30.7 Å². The molecular formula is C16H15ClFN5S. The second kappa shape index (κ2) is 6.31. The van der Waals surface area contributed by atoms with Crippen LogP contribution in [0, 0.1) is 5.82 Å². The SMILES string of the molecule is CCNSc1cccc(-n2c(C3CC3)c(F)c3cnc(Cl)nc32)n1. The average Bonchev–Trinajstić information content (AvgIpc) is 3.38. The van der Waals surface area contributed by atoms with Gasteiger partial charge in [0.05, 0.1) is 11.1 Å². The van der Waals surface area contributed by atoms with Crippen molar-refractivity contribution in [1.82, 2.24) is 24.2 Å². The van der Waals surface area contributed by atoms with Crippen LogP contribution < -0.4 is 4.72 Å². The van der Waals surface area contributed by atoms with Crippen LogP contribution in [0.4, 0.5) is 4.39 Å². The third kappa shape index (κ3) is 2.76. The van der Waals surface area contributed by atoms with Crippen LogP contribution in [-0.4, -0.2) is 26.1 Å². The Hall–Kier alpha value is -1.70. The first-order valence-electron chi connectivity index (χ1n) is 7.78. The molecule has 4 rings (SSSR count). The van der Waals surface area contributed by atoms with E-state index in [1.54, 1.807) is 4.57 Å². The lowest BCUT2D eigenvalue weighted by Gasteiger charge is -2.10. The van der Waals surface area contributed by atoms with Crippen LogP contribution in [0.25, 0.3) is 16.9 Å². The standard InChI is InChI=1S/C16H15ClFN5S/c1-2-20-24-12-5-3-4-11(21-12)23-14(9-6-7-9)13(18)10-8-19-16(17)22-15(10)23/h3-5,8-9,20H,2,6-7H2,1H3. The molecule has 1 aliphatic carbocycles. The van der Waals surface area contributed by atoms with Gasteiger partial charge in [-0.1, -0.05) is 13.0 Å². The lowest BCUT2D eigenvalue weighted by atomic mass is 10.2. The van der Waals surface area contributed by atoms with E-state index in [1.807, 2.05) is 25.1 Å². The first kappa shape index (κ1) is 15.8. The topological polar surface area (TPSA) is 55.6 Å². The van der Waals surface area contributed by atoms with E-state index in [0.717, 1.165) is 24.4 Å². The molecule has 1 N–H and O–H groups in total. The summed E-state index contributed by atoms with van der Waals surface area (Å²) in [6.07, 6.45) is 3.39. The number of fused-ring (bicyclic) bond motifs is 1. The highest BCUT2D eigenvalue weighted by atomic mass is 35.5. The van der Waals surface area contributed by atoms with Crippen molar-refractivity contribution in [3.63, 3.8) is 0 Å². The van der Waals surface area contributed by atoms with Gasteiger partial charge in [-0.15, -0.1) is 0 Å². The fraction of sp³-hybridized carbons (Fsp3) is 0.312. The quantitative estimate of drug-likeness (QED) is 0.546. The number of nitrogens with one attached hydrogen (secondary N) is 1. The van der Waals surface area contributed by atoms with Crippen LogP contribution in [0.2, 0.25) is 5.28 Å². The first-order valence-corrected chi connectivity index (χ1v) is 8.98. The minimum Gasteiger partial charge on any atom is -0.279 e. The molecule has 3 heterocycles. The van der Waals surface area contributed by atoms with Crippen molar-refractivity contribution < 1.29 is 4.39 Å². The molecule has 1 aliphatic rings. The maximum absolute atomic E-state index is 14.9. The molecule has 124 valence electrons. The Labute approximate surface area is 147 Å². The number of nitrogens with zero attached hydrogens (tertiary/aromatic N) is 4. The van der Waals surface area contributed by atoms with E-state index in [-0.39, 0.29) is 17.0 Å². The maximum Gasteiger partial charge on any atom is 0.224 e. The van der Waals surface area contributed by atoms with Gasteiger partial charge in [0.2, 0.25) is 5.28 Å². The third-order valence-electron chi connectivity index (χ3n) is 3.88. The van der Waals surface area contributed by atoms with E-state index >= 15 is 0 Å². The molecule has 8 heteroatoms. The van der Waals surface area contributed by atoms with Crippen LogP contribution in [0.5, 0.6) is 0 Å². The number of hydrogen-bond donors (Lipinski definition) is 1. The average molecular weight is 364 g/mol. The van der Waals surface area contributed by atoms with Gasteiger partial charge in [-0.05, 0) is 48.5 Å². The maximum atomic E-state index is 14.9. The molecule has 5 nitrogen and oxygen atoms in total. The summed E-state index contributed by atoms with van der Waals surface area (Å²) in [6.45, 7) is 2.85. The molecule has 0 unspecified atom stereocenters.